The molecule has 4 rings (SSSR count). The summed E-state index contributed by atoms with van der Waals surface area (Å²) >= 11 is 0. The number of amides is 1. The van der Waals surface area contributed by atoms with Crippen LogP contribution in [0, 0.1) is 0 Å². The number of halogens is 1. The van der Waals surface area contributed by atoms with Gasteiger partial charge in [0.2, 0.25) is 5.91 Å². The molecule has 0 atom stereocenters. The van der Waals surface area contributed by atoms with Gasteiger partial charge in [-0.15, -0.1) is 24.0 Å². The molecule has 1 amide bonds. The zero-order valence-corrected chi connectivity index (χ0v) is 17.7. The Labute approximate surface area is 180 Å². The van der Waals surface area contributed by atoms with Crippen LogP contribution in [0.15, 0.2) is 47.5 Å². The Bertz CT molecular complexity index is 888. The lowest BCUT2D eigenvalue weighted by atomic mass is 10.2. The summed E-state index contributed by atoms with van der Waals surface area (Å²) in [7, 11) is 0. The normalized spacial score (nSPS) is 15.3. The minimum Gasteiger partial charge on any atom is -0.490 e. The molecule has 2 heterocycles. The summed E-state index contributed by atoms with van der Waals surface area (Å²) in [6, 6.07) is 13.4. The molecular weight excluding hydrogens is 471 g/mol. The summed E-state index contributed by atoms with van der Waals surface area (Å²) in [6.07, 6.45) is 1.72. The smallest absolute Gasteiger partial charge is 0.248 e. The van der Waals surface area contributed by atoms with Crippen molar-refractivity contribution in [2.75, 3.05) is 36.5 Å². The molecule has 28 heavy (non-hydrogen) atoms. The van der Waals surface area contributed by atoms with E-state index in [0.29, 0.717) is 25.5 Å². The lowest BCUT2D eigenvalue weighted by Gasteiger charge is -2.16. The van der Waals surface area contributed by atoms with Crippen LogP contribution < -0.4 is 25.4 Å². The van der Waals surface area contributed by atoms with E-state index in [1.807, 2.05) is 42.5 Å². The summed E-state index contributed by atoms with van der Waals surface area (Å²) < 4.78 is 11.3. The largest absolute Gasteiger partial charge is 0.490 e. The van der Waals surface area contributed by atoms with Gasteiger partial charge in [-0.1, -0.05) is 18.2 Å². The molecule has 148 valence electrons. The van der Waals surface area contributed by atoms with Crippen molar-refractivity contribution >= 4 is 47.2 Å². The van der Waals surface area contributed by atoms with Crippen molar-refractivity contribution in [2.24, 2.45) is 10.7 Å². The van der Waals surface area contributed by atoms with Gasteiger partial charge in [0, 0.05) is 30.4 Å². The zero-order valence-electron chi connectivity index (χ0n) is 15.4. The number of benzene rings is 2. The first-order chi connectivity index (χ1) is 13.2. The third kappa shape index (κ3) is 4.49. The topological polar surface area (TPSA) is 89.2 Å². The van der Waals surface area contributed by atoms with Crippen molar-refractivity contribution < 1.29 is 14.3 Å². The highest BCUT2D eigenvalue weighted by Crippen LogP contribution is 2.32. The van der Waals surface area contributed by atoms with Gasteiger partial charge in [0.1, 0.15) is 6.54 Å². The molecule has 0 aliphatic carbocycles. The molecule has 2 aromatic carbocycles. The molecule has 2 aromatic rings. The van der Waals surface area contributed by atoms with Crippen LogP contribution >= 0.6 is 24.0 Å². The zero-order chi connectivity index (χ0) is 18.6. The minimum atomic E-state index is -0.0663. The summed E-state index contributed by atoms with van der Waals surface area (Å²) in [5.41, 5.74) is 8.84. The molecule has 0 bridgehead atoms. The molecular formula is C20H23IN4O3. The van der Waals surface area contributed by atoms with Crippen molar-refractivity contribution in [1.29, 1.82) is 0 Å². The van der Waals surface area contributed by atoms with E-state index in [4.69, 9.17) is 15.2 Å². The highest BCUT2D eigenvalue weighted by Gasteiger charge is 2.23. The molecule has 0 radical (unpaired) electrons. The standard InChI is InChI=1S/C20H22N4O3.HI/c21-20(23-15-6-7-17-18(12-15)27-11-3-10-26-17)22-13-19(25)24-9-8-14-4-1-2-5-16(14)24;/h1-2,4-7,12H,3,8-11,13H2,(H3,21,22,23);1H. The molecule has 7 nitrogen and oxygen atoms in total. The maximum atomic E-state index is 12.5. The Hall–Kier alpha value is -2.49. The molecule has 3 N–H and O–H groups in total. The van der Waals surface area contributed by atoms with E-state index >= 15 is 0 Å². The number of anilines is 2. The molecule has 0 unspecified atom stereocenters. The van der Waals surface area contributed by atoms with Gasteiger partial charge in [0.05, 0.1) is 13.2 Å². The Morgan fingerprint density at radius 2 is 1.93 bits per heavy atom. The number of rotatable bonds is 3. The van der Waals surface area contributed by atoms with Crippen LogP contribution in [0.3, 0.4) is 0 Å². The second-order valence-electron chi connectivity index (χ2n) is 6.46. The van der Waals surface area contributed by atoms with Crippen LogP contribution in [0.2, 0.25) is 0 Å². The molecule has 8 heteroatoms. The molecule has 0 saturated carbocycles. The van der Waals surface area contributed by atoms with Gasteiger partial charge < -0.3 is 25.4 Å². The third-order valence-corrected chi connectivity index (χ3v) is 4.59. The van der Waals surface area contributed by atoms with Crippen LogP contribution in [-0.4, -0.2) is 38.2 Å². The number of fused-ring (bicyclic) bond motifs is 2. The average molecular weight is 494 g/mol. The molecule has 0 spiro atoms. The molecule has 2 aliphatic rings. The van der Waals surface area contributed by atoms with Gasteiger partial charge in [0.15, 0.2) is 17.5 Å². The third-order valence-electron chi connectivity index (χ3n) is 4.59. The maximum absolute atomic E-state index is 12.5. The summed E-state index contributed by atoms with van der Waals surface area (Å²) in [5.74, 6) is 1.51. The van der Waals surface area contributed by atoms with Crippen molar-refractivity contribution in [1.82, 2.24) is 0 Å². The Morgan fingerprint density at radius 1 is 1.14 bits per heavy atom. The summed E-state index contributed by atoms with van der Waals surface area (Å²) in [6.45, 7) is 1.94. The Morgan fingerprint density at radius 3 is 2.79 bits per heavy atom. The monoisotopic (exact) mass is 494 g/mol. The van der Waals surface area contributed by atoms with Gasteiger partial charge in [-0.2, -0.15) is 0 Å². The Kier molecular flexibility index (Phi) is 6.61. The first kappa shape index (κ1) is 20.2. The highest BCUT2D eigenvalue weighted by molar-refractivity contribution is 14.0. The number of carbonyl (C=O) groups is 1. The Balaban J connectivity index is 0.00000225. The maximum Gasteiger partial charge on any atom is 0.248 e. The summed E-state index contributed by atoms with van der Waals surface area (Å²) in [5, 5.41) is 3.00. The van der Waals surface area contributed by atoms with Gasteiger partial charge in [-0.25, -0.2) is 4.99 Å². The predicted octanol–water partition coefficient (Wildman–Crippen LogP) is 2.78. The summed E-state index contributed by atoms with van der Waals surface area (Å²) in [4.78, 5) is 18.4. The van der Waals surface area contributed by atoms with Crippen molar-refractivity contribution in [3.63, 3.8) is 0 Å². The van der Waals surface area contributed by atoms with E-state index in [1.54, 1.807) is 4.90 Å². The van der Waals surface area contributed by atoms with Crippen LogP contribution in [-0.2, 0) is 11.2 Å². The second kappa shape index (κ2) is 9.13. The van der Waals surface area contributed by atoms with Crippen LogP contribution in [0.25, 0.3) is 0 Å². The number of nitrogens with one attached hydrogen (secondary N) is 1. The van der Waals surface area contributed by atoms with Crippen molar-refractivity contribution in [3.05, 3.63) is 48.0 Å². The van der Waals surface area contributed by atoms with E-state index in [2.05, 4.69) is 10.3 Å². The number of ether oxygens (including phenoxy) is 2. The number of nitrogens with zero attached hydrogens (tertiary/aromatic N) is 2. The van der Waals surface area contributed by atoms with E-state index in [0.717, 1.165) is 30.0 Å². The van der Waals surface area contributed by atoms with Crippen LogP contribution in [0.1, 0.15) is 12.0 Å². The van der Waals surface area contributed by atoms with E-state index in [1.165, 1.54) is 5.56 Å². The number of carbonyl (C=O) groups excluding carboxylic acids is 1. The molecule has 0 fully saturated rings. The SMILES string of the molecule is I.NC(=NCC(=O)N1CCc2ccccc21)Nc1ccc2c(c1)OCCCO2. The van der Waals surface area contributed by atoms with Crippen molar-refractivity contribution in [3.8, 4) is 11.5 Å². The van der Waals surface area contributed by atoms with Gasteiger partial charge in [-0.3, -0.25) is 4.79 Å². The van der Waals surface area contributed by atoms with Crippen molar-refractivity contribution in [2.45, 2.75) is 12.8 Å². The van der Waals surface area contributed by atoms with E-state index in [-0.39, 0.29) is 42.4 Å². The molecule has 2 aliphatic heterocycles. The van der Waals surface area contributed by atoms with E-state index < -0.39 is 0 Å². The lowest BCUT2D eigenvalue weighted by molar-refractivity contribution is -0.117. The number of hydrogen-bond donors (Lipinski definition) is 2. The quantitative estimate of drug-likeness (QED) is 0.389. The first-order valence-corrected chi connectivity index (χ1v) is 9.05. The highest BCUT2D eigenvalue weighted by atomic mass is 127. The van der Waals surface area contributed by atoms with E-state index in [9.17, 15) is 4.79 Å². The van der Waals surface area contributed by atoms with Gasteiger partial charge >= 0.3 is 0 Å². The fourth-order valence-corrected chi connectivity index (χ4v) is 3.26. The predicted molar refractivity (Wildman–Crippen MR) is 120 cm³/mol. The average Bonchev–Trinajstić information content (AvgIpc) is 2.97. The second-order valence-corrected chi connectivity index (χ2v) is 6.46. The van der Waals surface area contributed by atoms with Gasteiger partial charge in [-0.05, 0) is 30.2 Å². The number of nitrogens with two attached hydrogens (primary N) is 1. The number of hydrogen-bond acceptors (Lipinski definition) is 4. The lowest BCUT2D eigenvalue weighted by Crippen LogP contribution is -2.32. The fourth-order valence-electron chi connectivity index (χ4n) is 3.26. The van der Waals surface area contributed by atoms with Crippen LogP contribution in [0.5, 0.6) is 11.5 Å². The fraction of sp³-hybridized carbons (Fsp3) is 0.300. The van der Waals surface area contributed by atoms with Gasteiger partial charge in [0.25, 0.3) is 0 Å². The molecule has 0 saturated heterocycles. The molecule has 0 aromatic heterocycles. The minimum absolute atomic E-state index is 0. The first-order valence-electron chi connectivity index (χ1n) is 9.05. The number of aliphatic imine (C=N–C) groups is 1. The van der Waals surface area contributed by atoms with Crippen LogP contribution in [0.4, 0.5) is 11.4 Å². The number of para-hydroxylation sites is 1. The number of guanidine groups is 1.